The Hall–Kier alpha value is -3.61. The summed E-state index contributed by atoms with van der Waals surface area (Å²) in [5, 5.41) is 3.78. The van der Waals surface area contributed by atoms with Crippen LogP contribution >= 0.6 is 0 Å². The van der Waals surface area contributed by atoms with Crippen molar-refractivity contribution in [3.05, 3.63) is 76.7 Å². The second kappa shape index (κ2) is 9.54. The average Bonchev–Trinajstić information content (AvgIpc) is 2.74. The highest BCUT2D eigenvalue weighted by atomic mass is 16.6. The summed E-state index contributed by atoms with van der Waals surface area (Å²) in [6, 6.07) is 16.2. The predicted molar refractivity (Wildman–Crippen MR) is 109 cm³/mol. The molecule has 1 heterocycles. The Morgan fingerprint density at radius 3 is 2.55 bits per heavy atom. The number of nitrogens with zero attached hydrogens (tertiary/aromatic N) is 1. The van der Waals surface area contributed by atoms with Crippen LogP contribution in [0.15, 0.2) is 65.6 Å². The molecule has 0 saturated heterocycles. The number of rotatable bonds is 8. The molecule has 2 aromatic carbocycles. The van der Waals surface area contributed by atoms with Crippen molar-refractivity contribution in [3.63, 3.8) is 0 Å². The van der Waals surface area contributed by atoms with E-state index in [1.54, 1.807) is 37.4 Å². The smallest absolute Gasteiger partial charge is 0.344 e. The Morgan fingerprint density at radius 1 is 1.00 bits per heavy atom. The zero-order valence-electron chi connectivity index (χ0n) is 16.1. The van der Waals surface area contributed by atoms with Gasteiger partial charge in [-0.3, -0.25) is 9.59 Å². The van der Waals surface area contributed by atoms with Gasteiger partial charge in [0.2, 0.25) is 5.91 Å². The summed E-state index contributed by atoms with van der Waals surface area (Å²) in [6.45, 7) is 2.06. The number of pyridine rings is 1. The van der Waals surface area contributed by atoms with Gasteiger partial charge in [-0.05, 0) is 30.7 Å². The Labute approximate surface area is 167 Å². The number of nitrogens with one attached hydrogen (secondary N) is 1. The van der Waals surface area contributed by atoms with Crippen LogP contribution in [0.5, 0.6) is 5.75 Å². The topological polar surface area (TPSA) is 86.6 Å². The maximum absolute atomic E-state index is 12.8. The number of hydrogen-bond donors (Lipinski definition) is 1. The van der Waals surface area contributed by atoms with Gasteiger partial charge in [0.05, 0.1) is 12.0 Å². The van der Waals surface area contributed by atoms with Crippen LogP contribution in [0.3, 0.4) is 0 Å². The minimum Gasteiger partial charge on any atom is -0.481 e. The molecule has 0 bridgehead atoms. The van der Waals surface area contributed by atoms with Crippen LogP contribution in [0.1, 0.15) is 12.5 Å². The second-order valence-corrected chi connectivity index (χ2v) is 6.32. The molecule has 150 valence electrons. The molecule has 0 aliphatic heterocycles. The van der Waals surface area contributed by atoms with Crippen LogP contribution < -0.4 is 15.6 Å². The summed E-state index contributed by atoms with van der Waals surface area (Å²) in [4.78, 5) is 36.5. The zero-order valence-corrected chi connectivity index (χ0v) is 16.1. The number of benzene rings is 2. The van der Waals surface area contributed by atoms with Gasteiger partial charge in [0.1, 0.15) is 12.3 Å². The number of fused-ring (bicyclic) bond motifs is 1. The molecule has 0 aliphatic rings. The van der Waals surface area contributed by atoms with Crippen molar-refractivity contribution in [2.75, 3.05) is 13.2 Å². The van der Waals surface area contributed by atoms with Crippen molar-refractivity contribution in [2.24, 2.45) is 0 Å². The number of aromatic nitrogens is 1. The van der Waals surface area contributed by atoms with Gasteiger partial charge in [-0.2, -0.15) is 0 Å². The maximum atomic E-state index is 12.8. The fourth-order valence-corrected chi connectivity index (χ4v) is 2.89. The zero-order chi connectivity index (χ0) is 20.6. The first-order valence-electron chi connectivity index (χ1n) is 9.29. The van der Waals surface area contributed by atoms with Gasteiger partial charge in [0.15, 0.2) is 6.61 Å². The molecule has 3 aromatic rings. The third-order valence-electron chi connectivity index (χ3n) is 4.28. The van der Waals surface area contributed by atoms with E-state index in [1.807, 2.05) is 30.3 Å². The normalized spacial score (nSPS) is 10.5. The van der Waals surface area contributed by atoms with Crippen LogP contribution in [0.2, 0.25) is 0 Å². The molecule has 0 spiro atoms. The van der Waals surface area contributed by atoms with E-state index < -0.39 is 5.97 Å². The van der Waals surface area contributed by atoms with Gasteiger partial charge < -0.3 is 19.4 Å². The number of hydrogen-bond acceptors (Lipinski definition) is 5. The average molecular weight is 394 g/mol. The largest absolute Gasteiger partial charge is 0.481 e. The highest BCUT2D eigenvalue weighted by Crippen LogP contribution is 2.23. The molecular weight excluding hydrogens is 372 g/mol. The summed E-state index contributed by atoms with van der Waals surface area (Å²) >= 11 is 0. The molecule has 0 fully saturated rings. The SMILES string of the molecule is CCOC(=O)COc1cccc2c(=O)n(CC(=O)NCc3ccccc3)ccc12. The minimum atomic E-state index is -0.479. The van der Waals surface area contributed by atoms with Gasteiger partial charge in [-0.15, -0.1) is 0 Å². The van der Waals surface area contributed by atoms with Gasteiger partial charge in [0, 0.05) is 18.1 Å². The van der Waals surface area contributed by atoms with Gasteiger partial charge in [-0.25, -0.2) is 4.79 Å². The summed E-state index contributed by atoms with van der Waals surface area (Å²) in [5.74, 6) is -0.328. The predicted octanol–water partition coefficient (Wildman–Crippen LogP) is 2.26. The number of amides is 1. The van der Waals surface area contributed by atoms with Crippen LogP contribution in [0.4, 0.5) is 0 Å². The van der Waals surface area contributed by atoms with Crippen molar-refractivity contribution < 1.29 is 19.1 Å². The first kappa shape index (κ1) is 20.1. The highest BCUT2D eigenvalue weighted by Gasteiger charge is 2.11. The van der Waals surface area contributed by atoms with E-state index in [-0.39, 0.29) is 31.2 Å². The van der Waals surface area contributed by atoms with Crippen LogP contribution in [-0.4, -0.2) is 29.7 Å². The van der Waals surface area contributed by atoms with E-state index in [0.717, 1.165) is 5.56 Å². The quantitative estimate of drug-likeness (QED) is 0.592. The Balaban J connectivity index is 1.71. The Bertz CT molecular complexity index is 1060. The first-order chi connectivity index (χ1) is 14.1. The van der Waals surface area contributed by atoms with Crippen LogP contribution in [0.25, 0.3) is 10.8 Å². The molecule has 7 nitrogen and oxygen atoms in total. The van der Waals surface area contributed by atoms with Crippen LogP contribution in [0, 0.1) is 0 Å². The van der Waals surface area contributed by atoms with E-state index in [4.69, 9.17) is 9.47 Å². The number of ether oxygens (including phenoxy) is 2. The number of carbonyl (C=O) groups excluding carboxylic acids is 2. The van der Waals surface area contributed by atoms with Crippen LogP contribution in [-0.2, 0) is 27.4 Å². The number of esters is 1. The molecule has 1 amide bonds. The maximum Gasteiger partial charge on any atom is 0.344 e. The lowest BCUT2D eigenvalue weighted by molar-refractivity contribution is -0.145. The van der Waals surface area contributed by atoms with E-state index in [9.17, 15) is 14.4 Å². The molecule has 1 N–H and O–H groups in total. The summed E-state index contributed by atoms with van der Waals surface area (Å²) < 4.78 is 11.7. The highest BCUT2D eigenvalue weighted by molar-refractivity contribution is 5.88. The first-order valence-corrected chi connectivity index (χ1v) is 9.29. The molecule has 7 heteroatoms. The second-order valence-electron chi connectivity index (χ2n) is 6.32. The van der Waals surface area contributed by atoms with Crippen molar-refractivity contribution in [3.8, 4) is 5.75 Å². The van der Waals surface area contributed by atoms with E-state index in [0.29, 0.717) is 23.1 Å². The Kier molecular flexibility index (Phi) is 6.63. The van der Waals surface area contributed by atoms with Crippen molar-refractivity contribution in [1.29, 1.82) is 0 Å². The summed E-state index contributed by atoms with van der Waals surface area (Å²) in [7, 11) is 0. The number of carbonyl (C=O) groups is 2. The summed E-state index contributed by atoms with van der Waals surface area (Å²) in [5.41, 5.74) is 0.675. The molecule has 0 aliphatic carbocycles. The molecule has 0 radical (unpaired) electrons. The molecule has 0 unspecified atom stereocenters. The fraction of sp³-hybridized carbons (Fsp3) is 0.227. The standard InChI is InChI=1S/C22H22N2O5/c1-2-28-21(26)15-29-19-10-6-9-18-17(19)11-12-24(22(18)27)14-20(25)23-13-16-7-4-3-5-8-16/h3-12H,2,13-15H2,1H3,(H,23,25). The third-order valence-corrected chi connectivity index (χ3v) is 4.28. The van der Waals surface area contributed by atoms with Crippen molar-refractivity contribution >= 4 is 22.6 Å². The molecule has 0 saturated carbocycles. The molecule has 3 rings (SSSR count). The minimum absolute atomic E-state index is 0.0878. The molecule has 1 aromatic heterocycles. The lowest BCUT2D eigenvalue weighted by atomic mass is 10.1. The lowest BCUT2D eigenvalue weighted by Crippen LogP contribution is -2.31. The van der Waals surface area contributed by atoms with Gasteiger partial charge in [0.25, 0.3) is 5.56 Å². The Morgan fingerprint density at radius 2 is 1.79 bits per heavy atom. The summed E-state index contributed by atoms with van der Waals surface area (Å²) in [6.07, 6.45) is 1.55. The monoisotopic (exact) mass is 394 g/mol. The third kappa shape index (κ3) is 5.22. The fourth-order valence-electron chi connectivity index (χ4n) is 2.89. The molecule has 0 atom stereocenters. The van der Waals surface area contributed by atoms with E-state index in [2.05, 4.69) is 5.32 Å². The molecular formula is C22H22N2O5. The van der Waals surface area contributed by atoms with E-state index in [1.165, 1.54) is 4.57 Å². The van der Waals surface area contributed by atoms with Crippen molar-refractivity contribution in [1.82, 2.24) is 9.88 Å². The van der Waals surface area contributed by atoms with Gasteiger partial charge >= 0.3 is 5.97 Å². The molecule has 29 heavy (non-hydrogen) atoms. The lowest BCUT2D eigenvalue weighted by Gasteiger charge is -2.11. The van der Waals surface area contributed by atoms with Gasteiger partial charge in [-0.1, -0.05) is 36.4 Å². The van der Waals surface area contributed by atoms with Crippen molar-refractivity contribution in [2.45, 2.75) is 20.0 Å². The van der Waals surface area contributed by atoms with E-state index >= 15 is 0 Å².